The van der Waals surface area contributed by atoms with Crippen molar-refractivity contribution in [3.05, 3.63) is 136 Å². The van der Waals surface area contributed by atoms with Crippen LogP contribution in [0.3, 0.4) is 0 Å². The van der Waals surface area contributed by atoms with Crippen LogP contribution in [-0.4, -0.2) is 215 Å². The molecule has 0 aromatic heterocycles. The van der Waals surface area contributed by atoms with Crippen LogP contribution in [0.4, 0.5) is 0 Å². The number of amides is 12. The minimum absolute atomic E-state index is 0.0336. The molecule has 36 heteroatoms. The Morgan fingerprint density at radius 3 is 1.64 bits per heavy atom. The molecule has 1 saturated heterocycles. The molecule has 107 heavy (non-hydrogen) atoms. The van der Waals surface area contributed by atoms with E-state index in [4.69, 9.17) is 15.9 Å². The van der Waals surface area contributed by atoms with Crippen molar-refractivity contribution in [1.82, 2.24) is 52.8 Å². The number of aliphatic hydroxyl groups excluding tert-OH is 2. The monoisotopic (exact) mass is 1540 g/mol. The molecule has 19 N–H and O–H groups in total. The van der Waals surface area contributed by atoms with Crippen LogP contribution in [0.2, 0.25) is 0 Å². The number of benzene rings is 5. The van der Waals surface area contributed by atoms with Gasteiger partial charge in [-0.2, -0.15) is 37.0 Å². The van der Waals surface area contributed by atoms with Gasteiger partial charge in [-0.05, 0) is 123 Å². The van der Waals surface area contributed by atoms with Crippen LogP contribution in [0.1, 0.15) is 73.9 Å². The zero-order valence-electron chi connectivity index (χ0n) is 58.0. The van der Waals surface area contributed by atoms with E-state index in [2.05, 4.69) is 73.1 Å². The summed E-state index contributed by atoms with van der Waals surface area (Å²) < 4.78 is 5.98. The molecule has 4 aromatic carbocycles. The summed E-state index contributed by atoms with van der Waals surface area (Å²) in [6.45, 7) is 2.10. The Morgan fingerprint density at radius 2 is 1.07 bits per heavy atom. The summed E-state index contributed by atoms with van der Waals surface area (Å²) in [7, 11) is 0. The average molecular weight is 1540 g/mol. The second kappa shape index (κ2) is 38.9. The number of phenols is 3. The summed E-state index contributed by atoms with van der Waals surface area (Å²) in [5.74, 6) is -14.8. The first kappa shape index (κ1) is 83.3. The molecule has 0 saturated carbocycles. The molecule has 2 aliphatic heterocycles. The lowest BCUT2D eigenvalue weighted by Crippen LogP contribution is -2.62. The van der Waals surface area contributed by atoms with Crippen LogP contribution in [0, 0.1) is 0 Å². The third-order valence-electron chi connectivity index (χ3n) is 17.3. The Labute approximate surface area is 627 Å². The van der Waals surface area contributed by atoms with E-state index in [1.807, 2.05) is 0 Å². The van der Waals surface area contributed by atoms with Crippen molar-refractivity contribution in [3.8, 4) is 39.7 Å². The number of carbonyl (C=O) groups is 13. The maximum Gasteiger partial charge on any atom is 0.327 e. The molecular formula is C71H84N12O21S3. The molecule has 2 heterocycles. The molecule has 33 nitrogen and oxygen atoms in total. The van der Waals surface area contributed by atoms with Crippen LogP contribution in [-0.2, 0) is 70.4 Å². The van der Waals surface area contributed by atoms with Gasteiger partial charge in [-0.25, -0.2) is 4.79 Å². The number of carboxylic acids is 1. The van der Waals surface area contributed by atoms with E-state index in [0.717, 1.165) is 18.7 Å². The molecule has 0 spiro atoms. The summed E-state index contributed by atoms with van der Waals surface area (Å²) in [6.07, 6.45) is -4.30. The fourth-order valence-electron chi connectivity index (χ4n) is 11.7. The van der Waals surface area contributed by atoms with Crippen LogP contribution in [0.15, 0.2) is 118 Å². The van der Waals surface area contributed by atoms with Gasteiger partial charge in [0.25, 0.3) is 5.91 Å². The number of hydrogen-bond donors (Lipinski definition) is 19. The van der Waals surface area contributed by atoms with Crippen molar-refractivity contribution in [2.75, 3.05) is 30.1 Å². The largest absolute Gasteiger partial charge is 0.508 e. The van der Waals surface area contributed by atoms with Gasteiger partial charge in [0.1, 0.15) is 89.0 Å². The molecule has 0 radical (unpaired) electrons. The van der Waals surface area contributed by atoms with E-state index in [1.165, 1.54) is 96.7 Å². The van der Waals surface area contributed by atoms with E-state index in [0.29, 0.717) is 33.2 Å². The molecular weight excluding hydrogens is 1450 g/mol. The van der Waals surface area contributed by atoms with E-state index < -0.39 is 169 Å². The third-order valence-corrected chi connectivity index (χ3v) is 18.7. The molecule has 1 fully saturated rings. The highest BCUT2D eigenvalue weighted by atomic mass is 32.2. The van der Waals surface area contributed by atoms with Gasteiger partial charge in [-0.15, -0.1) is 0 Å². The van der Waals surface area contributed by atoms with Gasteiger partial charge in [0.2, 0.25) is 65.0 Å². The summed E-state index contributed by atoms with van der Waals surface area (Å²) in [6, 6.07) is 9.06. The standard InChI is InChI=1S/C71H84N12O21S3/c1-34(84)59(69(100)80-52(33-106)71(102)103)81-66(97)50(31-57(73)91)77-62(93)47(24-26-107-3)75-64(95)48(27-36-10-14-38(86)15-11-36)76-65(96)49(28-37-12-16-39(87)17-13-37)78-68(99)53-9-6-25-83(53)70(101)60(35(2)85)82-63(94)46(22-23-56(72)90)74-67(98)51(32-105)79-61(92)43-8-5-4-7-42(43)58-44-20-18-40(88)29-54(44)104-55-30-41(89)19-21-45(55)58/h4-5,7-8,10-21,29-30,34-35,46-53,59-60,84-88,105-106H,6,9,22-28,31-33H2,1-3H3,(H2,72,90)(H2,73,91)(H,74,98)(H,75,95)(H,76,96)(H,77,93)(H,78,99)(H,79,92)(H,80,100)(H,81,97)(H,82,94)(H,102,103)/t34-,35-,46+,47+,48+,49+,50+,51+,52+,53+,59+,60+/m1/s1. The Balaban J connectivity index is 1.09. The van der Waals surface area contributed by atoms with Crippen molar-refractivity contribution in [1.29, 1.82) is 0 Å². The van der Waals surface area contributed by atoms with E-state index >= 15 is 0 Å². The quantitative estimate of drug-likeness (QED) is 0.0160. The molecule has 572 valence electrons. The minimum Gasteiger partial charge on any atom is -0.508 e. The third kappa shape index (κ3) is 23.0. The van der Waals surface area contributed by atoms with E-state index in [9.17, 15) is 97.8 Å². The fourth-order valence-corrected chi connectivity index (χ4v) is 12.7. The molecule has 1 aliphatic carbocycles. The number of rotatable bonds is 37. The number of fused-ring (bicyclic) bond motifs is 2. The van der Waals surface area contributed by atoms with Gasteiger partial charge in [-0.1, -0.05) is 42.5 Å². The lowest BCUT2D eigenvalue weighted by atomic mass is 9.90. The molecule has 12 atom stereocenters. The van der Waals surface area contributed by atoms with Crippen molar-refractivity contribution in [3.63, 3.8) is 0 Å². The first-order chi connectivity index (χ1) is 50.8. The predicted octanol–water partition coefficient (Wildman–Crippen LogP) is -1.27. The first-order valence-corrected chi connectivity index (χ1v) is 36.2. The normalized spacial score (nSPS) is 15.7. The van der Waals surface area contributed by atoms with Crippen molar-refractivity contribution in [2.24, 2.45) is 11.5 Å². The lowest BCUT2D eigenvalue weighted by molar-refractivity contribution is -0.144. The van der Waals surface area contributed by atoms with Gasteiger partial charge in [0, 0.05) is 71.5 Å². The summed E-state index contributed by atoms with van der Waals surface area (Å²) in [5.41, 5.74) is 12.7. The van der Waals surface area contributed by atoms with Gasteiger partial charge in [0.15, 0.2) is 5.43 Å². The lowest BCUT2D eigenvalue weighted by Gasteiger charge is -2.32. The number of thioether (sulfide) groups is 1. The number of thiol groups is 2. The van der Waals surface area contributed by atoms with E-state index in [-0.39, 0.29) is 95.5 Å². The highest BCUT2D eigenvalue weighted by Gasteiger charge is 2.43. The van der Waals surface area contributed by atoms with Crippen LogP contribution >= 0.6 is 37.0 Å². The minimum atomic E-state index is -1.87. The highest BCUT2D eigenvalue weighted by molar-refractivity contribution is 7.98. The zero-order valence-corrected chi connectivity index (χ0v) is 60.6. The number of carboxylic acid groups (broad SMARTS) is 1. The molecule has 0 unspecified atom stereocenters. The van der Waals surface area contributed by atoms with Crippen LogP contribution < -0.4 is 64.7 Å². The number of aromatic hydroxyl groups is 3. The molecule has 4 aromatic rings. The van der Waals surface area contributed by atoms with Crippen molar-refractivity contribution in [2.45, 2.75) is 138 Å². The predicted molar refractivity (Wildman–Crippen MR) is 395 cm³/mol. The number of phenolic OH excluding ortho intramolecular Hbond substituents is 3. The summed E-state index contributed by atoms with van der Waals surface area (Å²) in [5, 5.41) is 84.3. The Bertz CT molecular complexity index is 4300. The Morgan fingerprint density at radius 1 is 0.561 bits per heavy atom. The van der Waals surface area contributed by atoms with Crippen LogP contribution in [0.25, 0.3) is 33.4 Å². The van der Waals surface area contributed by atoms with Gasteiger partial charge < -0.3 is 99.3 Å². The number of nitrogens with two attached hydrogens (primary N) is 2. The van der Waals surface area contributed by atoms with Crippen LogP contribution in [0.5, 0.6) is 17.2 Å². The smallest absolute Gasteiger partial charge is 0.327 e. The molecule has 0 bridgehead atoms. The number of carbonyl (C=O) groups excluding carboxylic acids is 12. The van der Waals surface area contributed by atoms with E-state index in [1.54, 1.807) is 30.5 Å². The molecule has 12 amide bonds. The zero-order chi connectivity index (χ0) is 78.5. The highest BCUT2D eigenvalue weighted by Crippen LogP contribution is 2.42. The number of primary amides is 2. The number of aliphatic carboxylic acids is 1. The topological polar surface area (TPSA) is 537 Å². The summed E-state index contributed by atoms with van der Waals surface area (Å²) >= 11 is 9.46. The number of likely N-dealkylation sites (tertiary alicyclic amines) is 1. The Hall–Kier alpha value is -10.9. The van der Waals surface area contributed by atoms with Gasteiger partial charge in [0.05, 0.1) is 18.6 Å². The average Bonchev–Trinajstić information content (AvgIpc) is 1.38. The maximum absolute atomic E-state index is 14.9. The number of aliphatic hydroxyl groups is 2. The second-order valence-electron chi connectivity index (χ2n) is 25.3. The maximum atomic E-state index is 14.9. The number of nitrogens with one attached hydrogen (secondary N) is 9. The number of hydrogen-bond acceptors (Lipinski definition) is 23. The SMILES string of the molecule is CSCC[C@H](NC(=O)[C@H](Cc1ccc(O)cc1)NC(=O)[C@H](Cc1ccc(O)cc1)NC(=O)[C@@H]1CCCN1C(=O)[C@@H](NC(=O)[C@H](CCC(N)=O)NC(=O)[C@H](CS)NC(=O)c1ccccc1-c1c2ccc(=O)cc-2oc2cc(O)ccc12)[C@@H](C)O)C(=O)N[C@@H](CC(N)=O)C(=O)N[C@H](C(=O)N[C@@H](CS)C(=O)O)[C@@H](C)O. The summed E-state index contributed by atoms with van der Waals surface area (Å²) in [4.78, 5) is 193. The van der Waals surface area contributed by atoms with Gasteiger partial charge >= 0.3 is 5.97 Å². The Kier molecular flexibility index (Phi) is 30.3. The molecule has 3 aliphatic rings. The van der Waals surface area contributed by atoms with Gasteiger partial charge in [-0.3, -0.25) is 62.3 Å². The number of nitrogens with zero attached hydrogens (tertiary/aromatic N) is 1. The second-order valence-corrected chi connectivity index (χ2v) is 27.0. The van der Waals surface area contributed by atoms with Crippen molar-refractivity contribution < 1.29 is 97.4 Å². The fraction of sp³-hybridized carbons (Fsp3) is 0.380. The molecule has 7 rings (SSSR count). The first-order valence-electron chi connectivity index (χ1n) is 33.6. The van der Waals surface area contributed by atoms with Crippen molar-refractivity contribution >= 4 is 125 Å².